The maximum atomic E-state index is 12.8. The summed E-state index contributed by atoms with van der Waals surface area (Å²) < 4.78 is 7.36. The number of likely N-dealkylation sites (N-methyl/N-ethyl adjacent to an activating group) is 1. The van der Waals surface area contributed by atoms with Crippen LogP contribution < -0.4 is 4.74 Å². The van der Waals surface area contributed by atoms with Crippen molar-refractivity contribution < 1.29 is 9.53 Å². The number of hydrogen-bond donors (Lipinski definition) is 0. The zero-order chi connectivity index (χ0) is 17.8. The van der Waals surface area contributed by atoms with E-state index in [2.05, 4.69) is 4.90 Å². The highest BCUT2D eigenvalue weighted by Crippen LogP contribution is 2.30. The van der Waals surface area contributed by atoms with Gasteiger partial charge in [-0.1, -0.05) is 11.6 Å². The molecule has 0 aliphatic carbocycles. The number of amides is 1. The fourth-order valence-electron chi connectivity index (χ4n) is 3.18. The van der Waals surface area contributed by atoms with Crippen LogP contribution in [0.2, 0.25) is 5.02 Å². The number of benzene rings is 1. The van der Waals surface area contributed by atoms with Crippen LogP contribution in [0.15, 0.2) is 36.7 Å². The van der Waals surface area contributed by atoms with E-state index in [0.717, 1.165) is 25.3 Å². The van der Waals surface area contributed by atoms with Crippen molar-refractivity contribution in [2.45, 2.75) is 12.8 Å². The largest absolute Gasteiger partial charge is 0.496 e. The average Bonchev–Trinajstić information content (AvgIpc) is 3.32. The summed E-state index contributed by atoms with van der Waals surface area (Å²) in [5.41, 5.74) is 1.28. The van der Waals surface area contributed by atoms with E-state index >= 15 is 0 Å². The monoisotopic (exact) mass is 361 g/mol. The van der Waals surface area contributed by atoms with Crippen LogP contribution in [0.1, 0.15) is 23.2 Å². The molecule has 1 saturated heterocycles. The Morgan fingerprint density at radius 1 is 1.24 bits per heavy atom. The molecule has 1 aromatic carbocycles. The minimum Gasteiger partial charge on any atom is -0.496 e. The van der Waals surface area contributed by atoms with Crippen LogP contribution in [0, 0.1) is 0 Å². The molecule has 1 aliphatic rings. The minimum absolute atomic E-state index is 0.0722. The van der Waals surface area contributed by atoms with Gasteiger partial charge in [0, 0.05) is 38.6 Å². The highest BCUT2D eigenvalue weighted by Gasteiger charge is 2.21. The molecule has 0 spiro atoms. The van der Waals surface area contributed by atoms with Gasteiger partial charge in [0.25, 0.3) is 5.91 Å². The minimum atomic E-state index is -0.0722. The lowest BCUT2D eigenvalue weighted by molar-refractivity contribution is 0.0779. The predicted molar refractivity (Wildman–Crippen MR) is 100.0 cm³/mol. The van der Waals surface area contributed by atoms with Gasteiger partial charge in [-0.15, -0.1) is 0 Å². The van der Waals surface area contributed by atoms with Crippen LogP contribution in [-0.2, 0) is 0 Å². The number of hydrogen-bond acceptors (Lipinski definition) is 3. The molecule has 25 heavy (non-hydrogen) atoms. The zero-order valence-corrected chi connectivity index (χ0v) is 15.5. The second kappa shape index (κ2) is 7.93. The third-order valence-electron chi connectivity index (χ3n) is 4.68. The van der Waals surface area contributed by atoms with Crippen molar-refractivity contribution in [3.63, 3.8) is 0 Å². The van der Waals surface area contributed by atoms with Gasteiger partial charge in [0.05, 0.1) is 23.4 Å². The third kappa shape index (κ3) is 3.99. The molecular formula is C19H24ClN3O2. The maximum Gasteiger partial charge on any atom is 0.257 e. The molecule has 6 heteroatoms. The smallest absolute Gasteiger partial charge is 0.257 e. The van der Waals surface area contributed by atoms with E-state index in [1.54, 1.807) is 18.1 Å². The molecule has 0 atom stereocenters. The Morgan fingerprint density at radius 2 is 1.92 bits per heavy atom. The van der Waals surface area contributed by atoms with Gasteiger partial charge in [-0.05, 0) is 44.1 Å². The number of methoxy groups -OCH3 is 1. The first-order valence-corrected chi connectivity index (χ1v) is 8.96. The van der Waals surface area contributed by atoms with Gasteiger partial charge in [-0.25, -0.2) is 0 Å². The Kier molecular flexibility index (Phi) is 5.66. The van der Waals surface area contributed by atoms with Crippen LogP contribution in [0.5, 0.6) is 5.75 Å². The molecule has 134 valence electrons. The van der Waals surface area contributed by atoms with Crippen molar-refractivity contribution in [3.05, 3.63) is 47.2 Å². The van der Waals surface area contributed by atoms with Crippen LogP contribution in [0.3, 0.4) is 0 Å². The van der Waals surface area contributed by atoms with Crippen molar-refractivity contribution >= 4 is 17.5 Å². The predicted octanol–water partition coefficient (Wildman–Crippen LogP) is 3.31. The van der Waals surface area contributed by atoms with Gasteiger partial charge in [0.1, 0.15) is 5.75 Å². The summed E-state index contributed by atoms with van der Waals surface area (Å²) in [6.45, 7) is 3.85. The van der Waals surface area contributed by atoms with Gasteiger partial charge in [0.2, 0.25) is 0 Å². The first-order valence-electron chi connectivity index (χ1n) is 8.59. The summed E-state index contributed by atoms with van der Waals surface area (Å²) in [6, 6.07) is 7.36. The summed E-state index contributed by atoms with van der Waals surface area (Å²) in [7, 11) is 3.40. The van der Waals surface area contributed by atoms with Crippen molar-refractivity contribution in [1.82, 2.24) is 14.4 Å². The molecule has 0 radical (unpaired) electrons. The van der Waals surface area contributed by atoms with Crippen molar-refractivity contribution in [3.8, 4) is 11.4 Å². The topological polar surface area (TPSA) is 37.7 Å². The van der Waals surface area contributed by atoms with E-state index < -0.39 is 0 Å². The molecule has 2 aromatic rings. The van der Waals surface area contributed by atoms with Gasteiger partial charge in [-0.2, -0.15) is 0 Å². The van der Waals surface area contributed by atoms with Crippen LogP contribution in [-0.4, -0.2) is 60.6 Å². The molecule has 1 aliphatic heterocycles. The molecule has 1 amide bonds. The quantitative estimate of drug-likeness (QED) is 0.792. The van der Waals surface area contributed by atoms with Gasteiger partial charge in [0.15, 0.2) is 0 Å². The van der Waals surface area contributed by atoms with Crippen molar-refractivity contribution in [2.24, 2.45) is 0 Å². The zero-order valence-electron chi connectivity index (χ0n) is 14.7. The van der Waals surface area contributed by atoms with E-state index in [1.807, 2.05) is 42.2 Å². The molecule has 2 heterocycles. The van der Waals surface area contributed by atoms with E-state index in [4.69, 9.17) is 16.3 Å². The highest BCUT2D eigenvalue weighted by molar-refractivity contribution is 6.33. The Labute approximate surface area is 153 Å². The Morgan fingerprint density at radius 3 is 2.56 bits per heavy atom. The Hall–Kier alpha value is -1.98. The molecule has 3 rings (SSSR count). The first kappa shape index (κ1) is 17.8. The summed E-state index contributed by atoms with van der Waals surface area (Å²) in [6.07, 6.45) is 6.32. The van der Waals surface area contributed by atoms with E-state index in [-0.39, 0.29) is 5.91 Å². The van der Waals surface area contributed by atoms with Crippen LogP contribution in [0.4, 0.5) is 0 Å². The number of carbonyl (C=O) groups is 1. The number of likely N-dealkylation sites (tertiary alicyclic amines) is 1. The molecule has 0 saturated carbocycles. The van der Waals surface area contributed by atoms with Gasteiger partial charge < -0.3 is 19.1 Å². The lowest BCUT2D eigenvalue weighted by atomic mass is 10.1. The second-order valence-electron chi connectivity index (χ2n) is 6.37. The Bertz CT molecular complexity index is 725. The van der Waals surface area contributed by atoms with Gasteiger partial charge >= 0.3 is 0 Å². The number of carbonyl (C=O) groups excluding carboxylic acids is 1. The van der Waals surface area contributed by atoms with E-state index in [9.17, 15) is 4.79 Å². The lowest BCUT2D eigenvalue weighted by Gasteiger charge is -2.23. The molecule has 0 unspecified atom stereocenters. The fourth-order valence-corrected chi connectivity index (χ4v) is 3.44. The summed E-state index contributed by atoms with van der Waals surface area (Å²) in [5.74, 6) is 0.461. The molecule has 0 N–H and O–H groups in total. The molecular weight excluding hydrogens is 338 g/mol. The first-order chi connectivity index (χ1) is 12.1. The summed E-state index contributed by atoms with van der Waals surface area (Å²) in [4.78, 5) is 17.0. The second-order valence-corrected chi connectivity index (χ2v) is 6.78. The van der Waals surface area contributed by atoms with Crippen molar-refractivity contribution in [2.75, 3.05) is 40.3 Å². The van der Waals surface area contributed by atoms with E-state index in [1.165, 1.54) is 12.8 Å². The third-order valence-corrected chi connectivity index (χ3v) is 4.98. The van der Waals surface area contributed by atoms with Crippen LogP contribution >= 0.6 is 11.6 Å². The Balaban J connectivity index is 1.78. The average molecular weight is 362 g/mol. The van der Waals surface area contributed by atoms with Crippen LogP contribution in [0.25, 0.3) is 5.69 Å². The summed E-state index contributed by atoms with van der Waals surface area (Å²) in [5, 5.41) is 0.522. The maximum absolute atomic E-state index is 12.8. The number of aromatic nitrogens is 1. The fraction of sp³-hybridized carbons (Fsp3) is 0.421. The molecule has 0 bridgehead atoms. The number of nitrogens with zero attached hydrogens (tertiary/aromatic N) is 3. The molecule has 1 aromatic heterocycles. The number of halogens is 1. The van der Waals surface area contributed by atoms with E-state index in [0.29, 0.717) is 22.9 Å². The highest BCUT2D eigenvalue weighted by atomic mass is 35.5. The van der Waals surface area contributed by atoms with Crippen molar-refractivity contribution in [1.29, 1.82) is 0 Å². The SMILES string of the molecule is COc1cc(-n2cccc2)c(Cl)cc1C(=O)N(C)CCN1CCCC1. The summed E-state index contributed by atoms with van der Waals surface area (Å²) >= 11 is 6.42. The standard InChI is InChI=1S/C19H24ClN3O2/c1-21(11-12-22-7-3-4-8-22)19(24)15-13-16(20)17(14-18(15)25-2)23-9-5-6-10-23/h5-6,9-10,13-14H,3-4,7-8,11-12H2,1-2H3. The molecule has 5 nitrogen and oxygen atoms in total. The lowest BCUT2D eigenvalue weighted by Crippen LogP contribution is -2.35. The number of rotatable bonds is 6. The number of ether oxygens (including phenoxy) is 1. The molecule has 1 fully saturated rings. The van der Waals surface area contributed by atoms with Gasteiger partial charge in [-0.3, -0.25) is 4.79 Å². The normalized spacial score (nSPS) is 14.7.